The van der Waals surface area contributed by atoms with Crippen molar-refractivity contribution in [3.05, 3.63) is 74.4 Å². The molecule has 1 N–H and O–H groups in total. The Balaban J connectivity index is 1.66. The van der Waals surface area contributed by atoms with Crippen molar-refractivity contribution in [1.29, 1.82) is 0 Å². The van der Waals surface area contributed by atoms with E-state index in [0.29, 0.717) is 11.3 Å². The first kappa shape index (κ1) is 22.9. The van der Waals surface area contributed by atoms with Crippen molar-refractivity contribution in [2.24, 2.45) is 0 Å². The van der Waals surface area contributed by atoms with Gasteiger partial charge >= 0.3 is 0 Å². The van der Waals surface area contributed by atoms with Gasteiger partial charge in [-0.3, -0.25) is 29.4 Å². The second kappa shape index (κ2) is 9.60. The lowest BCUT2D eigenvalue weighted by molar-refractivity contribution is -0.384. The Morgan fingerprint density at radius 3 is 2.53 bits per heavy atom. The number of thioether (sulfide) groups is 1. The standard InChI is InChI=1S/C21H19FN4O5S/c1-24(2)17-8-7-15(26(30)31)12-16(17)19(27)23-9-10-25-20(28)18(32-21(25)29)11-13-3-5-14(22)6-4-13/h3-8,11-12H,9-10H2,1-2H3,(H,23,27)/b18-11+. The van der Waals surface area contributed by atoms with Crippen LogP contribution in [0.3, 0.4) is 0 Å². The molecule has 1 fully saturated rings. The van der Waals surface area contributed by atoms with Crippen LogP contribution in [0.4, 0.5) is 20.6 Å². The van der Waals surface area contributed by atoms with Crippen LogP contribution in [0.1, 0.15) is 15.9 Å². The average molecular weight is 458 g/mol. The third-order valence-corrected chi connectivity index (χ3v) is 5.49. The van der Waals surface area contributed by atoms with E-state index in [9.17, 15) is 28.9 Å². The third kappa shape index (κ3) is 5.11. The van der Waals surface area contributed by atoms with Crippen LogP contribution in [-0.2, 0) is 4.79 Å². The third-order valence-electron chi connectivity index (χ3n) is 4.58. The molecule has 32 heavy (non-hydrogen) atoms. The molecule has 1 aliphatic heterocycles. The van der Waals surface area contributed by atoms with E-state index in [2.05, 4.69) is 5.32 Å². The molecule has 0 spiro atoms. The van der Waals surface area contributed by atoms with E-state index in [1.54, 1.807) is 19.0 Å². The molecule has 1 aliphatic rings. The Kier molecular flexibility index (Phi) is 6.89. The summed E-state index contributed by atoms with van der Waals surface area (Å²) in [5, 5.41) is 13.2. The summed E-state index contributed by atoms with van der Waals surface area (Å²) in [6.07, 6.45) is 1.50. The van der Waals surface area contributed by atoms with Gasteiger partial charge in [-0.1, -0.05) is 12.1 Å². The fourth-order valence-corrected chi connectivity index (χ4v) is 3.85. The highest BCUT2D eigenvalue weighted by atomic mass is 32.2. The van der Waals surface area contributed by atoms with E-state index in [0.717, 1.165) is 16.7 Å². The molecule has 0 aromatic heterocycles. The number of nitrogens with one attached hydrogen (secondary N) is 1. The molecule has 2 aromatic rings. The first-order valence-corrected chi connectivity index (χ1v) is 10.2. The van der Waals surface area contributed by atoms with Gasteiger partial charge in [0.05, 0.1) is 15.4 Å². The van der Waals surface area contributed by atoms with Gasteiger partial charge in [0.1, 0.15) is 5.82 Å². The molecule has 1 heterocycles. The number of benzene rings is 2. The number of halogens is 1. The topological polar surface area (TPSA) is 113 Å². The molecule has 2 aromatic carbocycles. The van der Waals surface area contributed by atoms with E-state index in [1.165, 1.54) is 48.5 Å². The fourth-order valence-electron chi connectivity index (χ4n) is 2.99. The van der Waals surface area contributed by atoms with Gasteiger partial charge in [0.25, 0.3) is 22.7 Å². The molecule has 0 unspecified atom stereocenters. The van der Waals surface area contributed by atoms with Crippen molar-refractivity contribution in [2.45, 2.75) is 0 Å². The summed E-state index contributed by atoms with van der Waals surface area (Å²) in [6, 6.07) is 9.44. The number of hydrogen-bond donors (Lipinski definition) is 1. The van der Waals surface area contributed by atoms with Crippen LogP contribution >= 0.6 is 11.8 Å². The van der Waals surface area contributed by atoms with Crippen LogP contribution in [-0.4, -0.2) is 54.1 Å². The molecule has 0 saturated carbocycles. The van der Waals surface area contributed by atoms with Gasteiger partial charge in [-0.15, -0.1) is 0 Å². The molecule has 0 atom stereocenters. The van der Waals surface area contributed by atoms with E-state index in [4.69, 9.17) is 0 Å². The van der Waals surface area contributed by atoms with Gasteiger partial charge in [-0.2, -0.15) is 0 Å². The van der Waals surface area contributed by atoms with Gasteiger partial charge in [-0.25, -0.2) is 4.39 Å². The second-order valence-corrected chi connectivity index (χ2v) is 7.99. The lowest BCUT2D eigenvalue weighted by Crippen LogP contribution is -2.37. The minimum absolute atomic E-state index is 0.0315. The molecule has 166 valence electrons. The smallest absolute Gasteiger partial charge is 0.293 e. The van der Waals surface area contributed by atoms with Crippen molar-refractivity contribution in [1.82, 2.24) is 10.2 Å². The maximum absolute atomic E-state index is 13.0. The Labute approximate surface area is 187 Å². The first-order valence-electron chi connectivity index (χ1n) is 9.42. The molecule has 9 nitrogen and oxygen atoms in total. The second-order valence-electron chi connectivity index (χ2n) is 6.99. The summed E-state index contributed by atoms with van der Waals surface area (Å²) in [6.45, 7) is -0.0976. The van der Waals surface area contributed by atoms with E-state index >= 15 is 0 Å². The molecule has 1 saturated heterocycles. The van der Waals surface area contributed by atoms with Gasteiger partial charge in [0.15, 0.2) is 0 Å². The summed E-state index contributed by atoms with van der Waals surface area (Å²) in [7, 11) is 3.40. The summed E-state index contributed by atoms with van der Waals surface area (Å²) >= 11 is 0.758. The van der Waals surface area contributed by atoms with Crippen LogP contribution in [0.2, 0.25) is 0 Å². The van der Waals surface area contributed by atoms with E-state index in [1.807, 2.05) is 0 Å². The number of non-ortho nitro benzene ring substituents is 1. The summed E-state index contributed by atoms with van der Waals surface area (Å²) < 4.78 is 13.0. The van der Waals surface area contributed by atoms with Gasteiger partial charge < -0.3 is 10.2 Å². The number of carbonyl (C=O) groups excluding carboxylic acids is 3. The molecular formula is C21H19FN4O5S. The zero-order chi connectivity index (χ0) is 23.4. The Morgan fingerprint density at radius 1 is 1.22 bits per heavy atom. The highest BCUT2D eigenvalue weighted by Gasteiger charge is 2.34. The summed E-state index contributed by atoms with van der Waals surface area (Å²) in [4.78, 5) is 50.7. The number of amides is 3. The van der Waals surface area contributed by atoms with Crippen molar-refractivity contribution >= 4 is 46.3 Å². The lowest BCUT2D eigenvalue weighted by atomic mass is 10.1. The van der Waals surface area contributed by atoms with Crippen LogP contribution in [0.5, 0.6) is 0 Å². The normalized spacial score (nSPS) is 14.7. The molecule has 0 aliphatic carbocycles. The van der Waals surface area contributed by atoms with Crippen molar-refractivity contribution in [3.8, 4) is 0 Å². The van der Waals surface area contributed by atoms with Crippen molar-refractivity contribution < 1.29 is 23.7 Å². The first-order chi connectivity index (χ1) is 15.2. The highest BCUT2D eigenvalue weighted by molar-refractivity contribution is 8.18. The monoisotopic (exact) mass is 458 g/mol. The molecule has 3 amide bonds. The van der Waals surface area contributed by atoms with Crippen molar-refractivity contribution in [3.63, 3.8) is 0 Å². The van der Waals surface area contributed by atoms with Crippen LogP contribution < -0.4 is 10.2 Å². The number of anilines is 1. The predicted octanol–water partition coefficient (Wildman–Crippen LogP) is 3.27. The zero-order valence-corrected chi connectivity index (χ0v) is 18.0. The van der Waals surface area contributed by atoms with Crippen LogP contribution in [0.25, 0.3) is 6.08 Å². The number of nitro benzene ring substituents is 1. The Hall–Kier alpha value is -3.73. The summed E-state index contributed by atoms with van der Waals surface area (Å²) in [5.74, 6) is -1.48. The minimum Gasteiger partial charge on any atom is -0.377 e. The van der Waals surface area contributed by atoms with E-state index < -0.39 is 27.8 Å². The summed E-state index contributed by atoms with van der Waals surface area (Å²) in [5.41, 5.74) is 0.945. The largest absolute Gasteiger partial charge is 0.377 e. The molecule has 3 rings (SSSR count). The minimum atomic E-state index is -0.593. The number of carbonyl (C=O) groups is 3. The van der Waals surface area contributed by atoms with Crippen LogP contribution in [0, 0.1) is 15.9 Å². The molecule has 0 radical (unpaired) electrons. The number of imide groups is 1. The van der Waals surface area contributed by atoms with Gasteiger partial charge in [0, 0.05) is 45.0 Å². The molecular weight excluding hydrogens is 439 g/mol. The fraction of sp³-hybridized carbons (Fsp3) is 0.190. The Morgan fingerprint density at radius 2 is 1.91 bits per heavy atom. The van der Waals surface area contributed by atoms with Crippen molar-refractivity contribution in [2.75, 3.05) is 32.1 Å². The number of rotatable bonds is 7. The maximum Gasteiger partial charge on any atom is 0.293 e. The molecule has 0 bridgehead atoms. The van der Waals surface area contributed by atoms with Gasteiger partial charge in [-0.05, 0) is 41.6 Å². The maximum atomic E-state index is 13.0. The number of nitro groups is 1. The predicted molar refractivity (Wildman–Crippen MR) is 119 cm³/mol. The Bertz CT molecular complexity index is 1120. The van der Waals surface area contributed by atoms with Gasteiger partial charge in [0.2, 0.25) is 0 Å². The number of nitrogens with zero attached hydrogens (tertiary/aromatic N) is 3. The van der Waals surface area contributed by atoms with E-state index in [-0.39, 0.29) is 29.2 Å². The quantitative estimate of drug-likeness (QED) is 0.385. The highest BCUT2D eigenvalue weighted by Crippen LogP contribution is 2.32. The van der Waals surface area contributed by atoms with Crippen LogP contribution in [0.15, 0.2) is 47.4 Å². The average Bonchev–Trinajstić information content (AvgIpc) is 3.02. The zero-order valence-electron chi connectivity index (χ0n) is 17.2. The molecule has 11 heteroatoms. The SMILES string of the molecule is CN(C)c1ccc([N+](=O)[O-])cc1C(=O)NCCN1C(=O)S/C(=C/c2ccc(F)cc2)C1=O. The number of hydrogen-bond acceptors (Lipinski definition) is 7. The lowest BCUT2D eigenvalue weighted by Gasteiger charge is -2.18.